The first-order valence-electron chi connectivity index (χ1n) is 8.50. The highest BCUT2D eigenvalue weighted by atomic mass is 32.1. The number of hydrogen-bond donors (Lipinski definition) is 0. The predicted molar refractivity (Wildman–Crippen MR) is 97.6 cm³/mol. The fraction of sp³-hybridized carbons (Fsp3) is 0.556. The maximum absolute atomic E-state index is 5.54. The third-order valence-electron chi connectivity index (χ3n) is 4.05. The van der Waals surface area contributed by atoms with E-state index in [0.717, 1.165) is 28.8 Å². The lowest BCUT2D eigenvalue weighted by Gasteiger charge is -2.27. The van der Waals surface area contributed by atoms with E-state index in [-0.39, 0.29) is 0 Å². The number of nitrogens with zero attached hydrogens (tertiary/aromatic N) is 3. The Bertz CT molecular complexity index is 636. The molecule has 2 rings (SSSR count). The molecule has 0 fully saturated rings. The Hall–Kier alpha value is -1.42. The molecule has 0 N–H and O–H groups in total. The van der Waals surface area contributed by atoms with Crippen molar-refractivity contribution in [2.75, 3.05) is 18.1 Å². The van der Waals surface area contributed by atoms with E-state index >= 15 is 0 Å². The van der Waals surface area contributed by atoms with Crippen LogP contribution in [0.1, 0.15) is 52.4 Å². The molecule has 0 bridgehead atoms. The van der Waals surface area contributed by atoms with Gasteiger partial charge in [-0.25, -0.2) is 9.66 Å². The zero-order valence-corrected chi connectivity index (χ0v) is 14.6. The van der Waals surface area contributed by atoms with Gasteiger partial charge in [0.25, 0.3) is 0 Å². The lowest BCUT2D eigenvalue weighted by molar-refractivity contribution is 0.546. The van der Waals surface area contributed by atoms with Crippen LogP contribution in [0.5, 0.6) is 0 Å². The molecule has 0 aliphatic heterocycles. The van der Waals surface area contributed by atoms with Crippen molar-refractivity contribution in [1.29, 1.82) is 0 Å². The van der Waals surface area contributed by atoms with Gasteiger partial charge in [-0.05, 0) is 37.6 Å². The van der Waals surface area contributed by atoms with Crippen LogP contribution < -0.4 is 5.01 Å². The summed E-state index contributed by atoms with van der Waals surface area (Å²) in [4.78, 5) is 4.53. The third kappa shape index (κ3) is 4.29. The standard InChI is InChI=1S/C18H27N3S/c1-3-5-6-7-8-9-15-20(4-2)21-17(22)13-12-16-11-10-14-19-18(16)21/h10-14H,3-9,15H2,1-2H3. The Morgan fingerprint density at radius 1 is 1.05 bits per heavy atom. The van der Waals surface area contributed by atoms with Crippen LogP contribution in [0, 0.1) is 4.64 Å². The zero-order valence-electron chi connectivity index (χ0n) is 13.8. The summed E-state index contributed by atoms with van der Waals surface area (Å²) in [6, 6.07) is 8.12. The van der Waals surface area contributed by atoms with Crippen LogP contribution >= 0.6 is 12.2 Å². The molecule has 0 spiro atoms. The van der Waals surface area contributed by atoms with Crippen molar-refractivity contribution in [3.8, 4) is 0 Å². The number of fused-ring (bicyclic) bond motifs is 1. The molecule has 0 amide bonds. The second kappa shape index (κ2) is 8.89. The van der Waals surface area contributed by atoms with Crippen molar-refractivity contribution < 1.29 is 0 Å². The molecule has 2 heterocycles. The van der Waals surface area contributed by atoms with Gasteiger partial charge in [0.1, 0.15) is 4.64 Å². The van der Waals surface area contributed by atoms with Crippen LogP contribution in [0.25, 0.3) is 11.0 Å². The van der Waals surface area contributed by atoms with E-state index in [9.17, 15) is 0 Å². The fourth-order valence-electron chi connectivity index (χ4n) is 2.80. The summed E-state index contributed by atoms with van der Waals surface area (Å²) in [7, 11) is 0. The van der Waals surface area contributed by atoms with Gasteiger partial charge in [-0.2, -0.15) is 0 Å². The molecule has 4 heteroatoms. The van der Waals surface area contributed by atoms with Crippen molar-refractivity contribution in [3.63, 3.8) is 0 Å². The third-order valence-corrected chi connectivity index (χ3v) is 4.36. The molecule has 0 saturated heterocycles. The van der Waals surface area contributed by atoms with Gasteiger partial charge in [-0.15, -0.1) is 0 Å². The Morgan fingerprint density at radius 2 is 1.82 bits per heavy atom. The normalized spacial score (nSPS) is 11.0. The zero-order chi connectivity index (χ0) is 15.8. The summed E-state index contributed by atoms with van der Waals surface area (Å²) < 4.78 is 2.94. The van der Waals surface area contributed by atoms with E-state index in [1.807, 2.05) is 18.3 Å². The topological polar surface area (TPSA) is 21.1 Å². The molecule has 3 nitrogen and oxygen atoms in total. The van der Waals surface area contributed by atoms with Crippen LogP contribution in [0.4, 0.5) is 0 Å². The fourth-order valence-corrected chi connectivity index (χ4v) is 3.07. The smallest absolute Gasteiger partial charge is 0.159 e. The molecule has 2 aromatic heterocycles. The lowest BCUT2D eigenvalue weighted by atomic mass is 10.1. The van der Waals surface area contributed by atoms with Crippen LogP contribution in [-0.2, 0) is 0 Å². The van der Waals surface area contributed by atoms with Gasteiger partial charge < -0.3 is 5.01 Å². The Kier molecular flexibility index (Phi) is 6.84. The average Bonchev–Trinajstić information content (AvgIpc) is 2.55. The summed E-state index contributed by atoms with van der Waals surface area (Å²) >= 11 is 5.54. The molecule has 0 aliphatic rings. The summed E-state index contributed by atoms with van der Waals surface area (Å²) in [6.45, 7) is 6.42. The first-order chi connectivity index (χ1) is 10.8. The number of hydrogen-bond acceptors (Lipinski definition) is 3. The molecule has 0 unspecified atom stereocenters. The largest absolute Gasteiger partial charge is 0.310 e. The minimum absolute atomic E-state index is 0.832. The maximum Gasteiger partial charge on any atom is 0.159 e. The number of aromatic nitrogens is 2. The van der Waals surface area contributed by atoms with Gasteiger partial charge in [-0.3, -0.25) is 0 Å². The van der Waals surface area contributed by atoms with E-state index in [1.165, 1.54) is 38.5 Å². The summed E-state index contributed by atoms with van der Waals surface area (Å²) in [5, 5.41) is 3.45. The van der Waals surface area contributed by atoms with Crippen LogP contribution in [0.2, 0.25) is 0 Å². The van der Waals surface area contributed by atoms with E-state index in [0.29, 0.717) is 0 Å². The SMILES string of the molecule is CCCCCCCCN(CC)n1c(=S)ccc2cccnc21. The second-order valence-electron chi connectivity index (χ2n) is 5.71. The molecule has 120 valence electrons. The Morgan fingerprint density at radius 3 is 2.59 bits per heavy atom. The van der Waals surface area contributed by atoms with E-state index < -0.39 is 0 Å². The molecule has 0 radical (unpaired) electrons. The minimum Gasteiger partial charge on any atom is -0.310 e. The summed E-state index contributed by atoms with van der Waals surface area (Å²) in [6.07, 6.45) is 9.70. The van der Waals surface area contributed by atoms with Crippen LogP contribution in [0.15, 0.2) is 30.5 Å². The van der Waals surface area contributed by atoms with Gasteiger partial charge >= 0.3 is 0 Å². The molecule has 2 aromatic rings. The monoisotopic (exact) mass is 317 g/mol. The first-order valence-corrected chi connectivity index (χ1v) is 8.90. The highest BCUT2D eigenvalue weighted by Crippen LogP contribution is 2.13. The highest BCUT2D eigenvalue weighted by Gasteiger charge is 2.08. The van der Waals surface area contributed by atoms with E-state index in [4.69, 9.17) is 12.2 Å². The van der Waals surface area contributed by atoms with Crippen molar-refractivity contribution in [2.24, 2.45) is 0 Å². The van der Waals surface area contributed by atoms with Crippen molar-refractivity contribution >= 4 is 23.3 Å². The van der Waals surface area contributed by atoms with Crippen molar-refractivity contribution in [1.82, 2.24) is 9.66 Å². The summed E-state index contributed by atoms with van der Waals surface area (Å²) in [5.74, 6) is 0. The average molecular weight is 318 g/mol. The minimum atomic E-state index is 0.832. The molecule has 0 atom stereocenters. The molecular formula is C18H27N3S. The van der Waals surface area contributed by atoms with E-state index in [2.05, 4.69) is 40.6 Å². The number of rotatable bonds is 9. The van der Waals surface area contributed by atoms with Gasteiger partial charge in [0.15, 0.2) is 5.65 Å². The number of unbranched alkanes of at least 4 members (excludes halogenated alkanes) is 5. The van der Waals surface area contributed by atoms with Crippen molar-refractivity contribution in [3.05, 3.63) is 35.1 Å². The molecule has 0 aliphatic carbocycles. The molecular weight excluding hydrogens is 290 g/mol. The van der Waals surface area contributed by atoms with Gasteiger partial charge in [0.05, 0.1) is 0 Å². The van der Waals surface area contributed by atoms with Gasteiger partial charge in [0.2, 0.25) is 0 Å². The molecule has 0 saturated carbocycles. The number of pyridine rings is 2. The van der Waals surface area contributed by atoms with Crippen molar-refractivity contribution in [2.45, 2.75) is 52.4 Å². The first kappa shape index (κ1) is 16.9. The van der Waals surface area contributed by atoms with Gasteiger partial charge in [-0.1, -0.05) is 51.2 Å². The Balaban J connectivity index is 2.07. The van der Waals surface area contributed by atoms with Crippen LogP contribution in [0.3, 0.4) is 0 Å². The predicted octanol–water partition coefficient (Wildman–Crippen LogP) is 5.08. The lowest BCUT2D eigenvalue weighted by Crippen LogP contribution is -2.36. The quantitative estimate of drug-likeness (QED) is 0.475. The Labute approximate surface area is 139 Å². The van der Waals surface area contributed by atoms with Gasteiger partial charge in [0, 0.05) is 24.7 Å². The molecule has 0 aromatic carbocycles. The second-order valence-corrected chi connectivity index (χ2v) is 6.13. The van der Waals surface area contributed by atoms with E-state index in [1.54, 1.807) is 0 Å². The highest BCUT2D eigenvalue weighted by molar-refractivity contribution is 7.71. The van der Waals surface area contributed by atoms with Crippen LogP contribution in [-0.4, -0.2) is 22.7 Å². The summed E-state index contributed by atoms with van der Waals surface area (Å²) in [5.41, 5.74) is 0.961. The maximum atomic E-state index is 5.54. The molecule has 22 heavy (non-hydrogen) atoms.